The lowest BCUT2D eigenvalue weighted by Gasteiger charge is -2.25. The molecule has 0 radical (unpaired) electrons. The summed E-state index contributed by atoms with van der Waals surface area (Å²) in [5.74, 6) is 0.00679. The number of rotatable bonds is 7. The van der Waals surface area contributed by atoms with Crippen LogP contribution in [-0.4, -0.2) is 43.2 Å². The van der Waals surface area contributed by atoms with Crippen LogP contribution < -0.4 is 20.1 Å². The summed E-state index contributed by atoms with van der Waals surface area (Å²) < 4.78 is 59.6. The fraction of sp³-hybridized carbons (Fsp3) is 0.233. The summed E-state index contributed by atoms with van der Waals surface area (Å²) in [6.07, 6.45) is -1.63. The van der Waals surface area contributed by atoms with Gasteiger partial charge in [0.15, 0.2) is 17.8 Å². The summed E-state index contributed by atoms with van der Waals surface area (Å²) in [5, 5.41) is 13.2. The Morgan fingerprint density at radius 1 is 1.02 bits per heavy atom. The highest BCUT2D eigenvalue weighted by Crippen LogP contribution is 2.33. The van der Waals surface area contributed by atoms with Gasteiger partial charge in [-0.3, -0.25) is 9.59 Å². The van der Waals surface area contributed by atoms with Gasteiger partial charge in [-0.2, -0.15) is 13.2 Å². The molecule has 0 saturated heterocycles. The minimum Gasteiger partial charge on any atom is -0.454 e. The molecule has 1 amide bonds. The smallest absolute Gasteiger partial charge is 0.419 e. The molecule has 3 N–H and O–H groups in total. The van der Waals surface area contributed by atoms with E-state index in [1.165, 1.54) is 13.1 Å². The van der Waals surface area contributed by atoms with Gasteiger partial charge in [0.25, 0.3) is 5.91 Å². The molecular weight excluding hydrogens is 556 g/mol. The minimum absolute atomic E-state index is 0.149. The summed E-state index contributed by atoms with van der Waals surface area (Å²) >= 11 is 0. The molecule has 220 valence electrons. The van der Waals surface area contributed by atoms with Crippen LogP contribution >= 0.6 is 0 Å². The van der Waals surface area contributed by atoms with E-state index >= 15 is 0 Å². The van der Waals surface area contributed by atoms with Gasteiger partial charge in [0, 0.05) is 56.3 Å². The Morgan fingerprint density at radius 3 is 2.43 bits per heavy atom. The number of nitrogens with zero attached hydrogens (tertiary/aromatic N) is 1. The van der Waals surface area contributed by atoms with E-state index in [9.17, 15) is 27.2 Å². The molecule has 0 spiro atoms. The molecule has 5 rings (SSSR count). The van der Waals surface area contributed by atoms with Gasteiger partial charge in [-0.1, -0.05) is 18.2 Å². The lowest BCUT2D eigenvalue weighted by atomic mass is 10.1. The Labute approximate surface area is 239 Å². The monoisotopic (exact) mass is 584 g/mol. The van der Waals surface area contributed by atoms with Crippen molar-refractivity contribution in [3.8, 4) is 11.5 Å². The average Bonchev–Trinajstić information content (AvgIpc) is 3.45. The third kappa shape index (κ3) is 7.65. The molecule has 3 aromatic rings. The quantitative estimate of drug-likeness (QED) is 0.249. The summed E-state index contributed by atoms with van der Waals surface area (Å²) in [5.41, 5.74) is 2.34. The molecule has 2 aliphatic rings. The lowest BCUT2D eigenvalue weighted by Crippen LogP contribution is -2.27. The number of anilines is 1. The summed E-state index contributed by atoms with van der Waals surface area (Å²) in [4.78, 5) is 25.4. The Kier molecular flexibility index (Phi) is 9.46. The Hall–Kier alpha value is -4.87. The zero-order chi connectivity index (χ0) is 30.3. The first kappa shape index (κ1) is 30.1. The fourth-order valence-electron chi connectivity index (χ4n) is 4.19. The topological polar surface area (TPSA) is 104 Å². The first-order valence-corrected chi connectivity index (χ1v) is 12.9. The number of ether oxygens (including phenoxy) is 2. The molecule has 0 fully saturated rings. The van der Waals surface area contributed by atoms with Crippen molar-refractivity contribution in [2.45, 2.75) is 25.7 Å². The Balaban J connectivity index is 0.000000262. The number of hydrogen-bond acceptors (Lipinski definition) is 7. The van der Waals surface area contributed by atoms with Gasteiger partial charge < -0.3 is 30.4 Å². The molecule has 0 aliphatic carbocycles. The molecule has 12 heteroatoms. The van der Waals surface area contributed by atoms with Gasteiger partial charge >= 0.3 is 6.18 Å². The van der Waals surface area contributed by atoms with E-state index in [0.29, 0.717) is 48.7 Å². The number of alkyl halides is 3. The van der Waals surface area contributed by atoms with Crippen molar-refractivity contribution < 1.29 is 36.6 Å². The molecule has 3 aromatic carbocycles. The third-order valence-electron chi connectivity index (χ3n) is 6.50. The molecule has 2 aliphatic heterocycles. The van der Waals surface area contributed by atoms with E-state index in [0.717, 1.165) is 35.3 Å². The number of benzene rings is 3. The number of amides is 1. The highest BCUT2D eigenvalue weighted by Gasteiger charge is 2.34. The number of carbonyl (C=O) groups is 2. The molecule has 0 aromatic heterocycles. The maximum Gasteiger partial charge on any atom is 0.419 e. The number of allylic oxidation sites excluding steroid dienone is 1. The van der Waals surface area contributed by atoms with Gasteiger partial charge in [-0.15, -0.1) is 0 Å². The van der Waals surface area contributed by atoms with Crippen molar-refractivity contribution >= 4 is 23.6 Å². The summed E-state index contributed by atoms with van der Waals surface area (Å²) in [6.45, 7) is 1.96. The fourth-order valence-corrected chi connectivity index (χ4v) is 4.19. The van der Waals surface area contributed by atoms with Crippen molar-refractivity contribution in [2.75, 3.05) is 25.7 Å². The second-order valence-electron chi connectivity index (χ2n) is 9.41. The number of aldehydes is 1. The van der Waals surface area contributed by atoms with Crippen LogP contribution in [0.5, 0.6) is 11.5 Å². The number of hydrogen-bond donors (Lipinski definition) is 3. The van der Waals surface area contributed by atoms with Crippen LogP contribution in [0.4, 0.5) is 23.2 Å². The molecule has 0 bridgehead atoms. The number of fused-ring (bicyclic) bond motifs is 1. The van der Waals surface area contributed by atoms with Crippen molar-refractivity contribution in [3.05, 3.63) is 101 Å². The third-order valence-corrected chi connectivity index (χ3v) is 6.50. The zero-order valence-electron chi connectivity index (χ0n) is 22.6. The molecule has 2 heterocycles. The van der Waals surface area contributed by atoms with E-state index in [4.69, 9.17) is 14.9 Å². The van der Waals surface area contributed by atoms with Gasteiger partial charge in [0.1, 0.15) is 5.82 Å². The standard InChI is InChI=1S/C22H21N3O4.C8H7F4N/c23-19-7-8-25(12-18(19)13-26)11-15-1-4-17(5-2-15)22(27)24-10-16-3-6-20-21(9-16)29-14-28-20;1-13-5-2-3-7(9)6(4-5)8(10,11)12/h1-6,9,12-13,23H,7-8,10-11,14H2,(H,24,27);2-4,13H,1H3. The second-order valence-corrected chi connectivity index (χ2v) is 9.41. The largest absolute Gasteiger partial charge is 0.454 e. The maximum absolute atomic E-state index is 12.7. The second kappa shape index (κ2) is 13.2. The SMILES string of the molecule is CNc1ccc(F)c(C(F)(F)F)c1.N=C1CCN(Cc2ccc(C(=O)NCc3ccc4c(c3)OCO4)cc2)C=C1C=O. The summed E-state index contributed by atoms with van der Waals surface area (Å²) in [7, 11) is 1.47. The molecule has 42 heavy (non-hydrogen) atoms. The van der Waals surface area contributed by atoms with Crippen molar-refractivity contribution in [1.82, 2.24) is 10.2 Å². The van der Waals surface area contributed by atoms with Crippen molar-refractivity contribution in [3.63, 3.8) is 0 Å². The zero-order valence-corrected chi connectivity index (χ0v) is 22.6. The number of nitrogens with one attached hydrogen (secondary N) is 3. The highest BCUT2D eigenvalue weighted by atomic mass is 19.4. The van der Waals surface area contributed by atoms with E-state index < -0.39 is 17.6 Å². The van der Waals surface area contributed by atoms with Crippen molar-refractivity contribution in [1.29, 1.82) is 5.41 Å². The van der Waals surface area contributed by atoms with Crippen LogP contribution in [-0.2, 0) is 24.1 Å². The molecular formula is C30H28F4N4O4. The average molecular weight is 585 g/mol. The van der Waals surface area contributed by atoms with Crippen LogP contribution in [0.25, 0.3) is 0 Å². The van der Waals surface area contributed by atoms with Crippen LogP contribution in [0.3, 0.4) is 0 Å². The van der Waals surface area contributed by atoms with Crippen LogP contribution in [0.15, 0.2) is 72.4 Å². The normalized spacial score (nSPS) is 14.0. The van der Waals surface area contributed by atoms with E-state index in [2.05, 4.69) is 10.6 Å². The maximum atomic E-state index is 12.7. The first-order valence-electron chi connectivity index (χ1n) is 12.9. The van der Waals surface area contributed by atoms with Gasteiger partial charge in [-0.25, -0.2) is 4.39 Å². The van der Waals surface area contributed by atoms with E-state index in [-0.39, 0.29) is 18.4 Å². The first-order chi connectivity index (χ1) is 20.1. The van der Waals surface area contributed by atoms with E-state index in [1.54, 1.807) is 18.3 Å². The minimum atomic E-state index is -4.64. The van der Waals surface area contributed by atoms with Gasteiger partial charge in [0.2, 0.25) is 6.79 Å². The molecule has 0 unspecified atom stereocenters. The molecule has 0 saturated carbocycles. The predicted octanol–water partition coefficient (Wildman–Crippen LogP) is 5.54. The van der Waals surface area contributed by atoms with Gasteiger partial charge in [-0.05, 0) is 53.6 Å². The molecule has 0 atom stereocenters. The van der Waals surface area contributed by atoms with Crippen LogP contribution in [0, 0.1) is 11.2 Å². The lowest BCUT2D eigenvalue weighted by molar-refractivity contribution is -0.139. The van der Waals surface area contributed by atoms with Gasteiger partial charge in [0.05, 0.1) is 11.1 Å². The predicted molar refractivity (Wildman–Crippen MR) is 148 cm³/mol. The Bertz CT molecular complexity index is 1490. The number of halogens is 4. The van der Waals surface area contributed by atoms with E-state index in [1.807, 2.05) is 35.2 Å². The van der Waals surface area contributed by atoms with Crippen molar-refractivity contribution in [2.24, 2.45) is 0 Å². The summed E-state index contributed by atoms with van der Waals surface area (Å²) in [6, 6.07) is 15.8. The number of carbonyl (C=O) groups excluding carboxylic acids is 2. The Morgan fingerprint density at radius 2 is 1.74 bits per heavy atom. The highest BCUT2D eigenvalue weighted by molar-refractivity contribution is 6.13. The van der Waals surface area contributed by atoms with Crippen LogP contribution in [0.2, 0.25) is 0 Å². The van der Waals surface area contributed by atoms with Crippen LogP contribution in [0.1, 0.15) is 33.5 Å². The molecule has 8 nitrogen and oxygen atoms in total.